The van der Waals surface area contributed by atoms with Gasteiger partial charge in [0.2, 0.25) is 0 Å². The molecule has 2 N–H and O–H groups in total. The number of hydrogen-bond acceptors (Lipinski definition) is 2. The number of nitrogens with zero attached hydrogens (tertiary/aromatic N) is 1. The fourth-order valence-corrected chi connectivity index (χ4v) is 2.70. The summed E-state index contributed by atoms with van der Waals surface area (Å²) in [7, 11) is 0. The molecule has 0 spiro atoms. The van der Waals surface area contributed by atoms with Crippen LogP contribution in [-0.2, 0) is 13.1 Å². The summed E-state index contributed by atoms with van der Waals surface area (Å²) in [5.41, 5.74) is 13.7. The lowest BCUT2D eigenvalue weighted by atomic mass is 10.1. The van der Waals surface area contributed by atoms with Gasteiger partial charge in [0, 0.05) is 24.5 Å². The van der Waals surface area contributed by atoms with Gasteiger partial charge in [-0.1, -0.05) is 24.3 Å². The second kappa shape index (κ2) is 4.05. The van der Waals surface area contributed by atoms with Crippen LogP contribution in [0.25, 0.3) is 0 Å². The summed E-state index contributed by atoms with van der Waals surface area (Å²) >= 11 is 0. The molecule has 0 aliphatic carbocycles. The van der Waals surface area contributed by atoms with Crippen molar-refractivity contribution in [2.45, 2.75) is 26.9 Å². The van der Waals surface area contributed by atoms with Crippen molar-refractivity contribution in [3.05, 3.63) is 58.7 Å². The van der Waals surface area contributed by atoms with Crippen molar-refractivity contribution >= 4 is 11.4 Å². The maximum atomic E-state index is 6.05. The minimum Gasteiger partial charge on any atom is -0.398 e. The maximum Gasteiger partial charge on any atom is 0.0457 e. The molecule has 92 valence electrons. The summed E-state index contributed by atoms with van der Waals surface area (Å²) < 4.78 is 0. The summed E-state index contributed by atoms with van der Waals surface area (Å²) in [4.78, 5) is 2.41. The summed E-state index contributed by atoms with van der Waals surface area (Å²) in [5, 5.41) is 0. The predicted molar refractivity (Wildman–Crippen MR) is 76.7 cm³/mol. The zero-order valence-electron chi connectivity index (χ0n) is 10.9. The van der Waals surface area contributed by atoms with Crippen LogP contribution in [0.5, 0.6) is 0 Å². The molecule has 1 heterocycles. The molecule has 2 nitrogen and oxygen atoms in total. The molecule has 0 saturated carbocycles. The number of nitrogens with two attached hydrogens (primary N) is 1. The Labute approximate surface area is 108 Å². The van der Waals surface area contributed by atoms with Crippen molar-refractivity contribution in [1.29, 1.82) is 0 Å². The molecule has 1 aliphatic heterocycles. The second-order valence-corrected chi connectivity index (χ2v) is 5.06. The number of benzene rings is 2. The average molecular weight is 238 g/mol. The van der Waals surface area contributed by atoms with E-state index in [9.17, 15) is 0 Å². The molecular weight excluding hydrogens is 220 g/mol. The third-order valence-electron chi connectivity index (χ3n) is 3.94. The Morgan fingerprint density at radius 1 is 1.00 bits per heavy atom. The van der Waals surface area contributed by atoms with E-state index in [0.717, 1.165) is 18.8 Å². The molecule has 0 radical (unpaired) electrons. The van der Waals surface area contributed by atoms with Crippen LogP contribution in [0.1, 0.15) is 22.3 Å². The monoisotopic (exact) mass is 238 g/mol. The van der Waals surface area contributed by atoms with Crippen molar-refractivity contribution in [3.8, 4) is 0 Å². The minimum atomic E-state index is 0.917. The number of fused-ring (bicyclic) bond motifs is 1. The van der Waals surface area contributed by atoms with Gasteiger partial charge in [-0.25, -0.2) is 0 Å². The molecule has 2 heteroatoms. The van der Waals surface area contributed by atoms with Gasteiger partial charge in [-0.05, 0) is 48.2 Å². The number of anilines is 2. The van der Waals surface area contributed by atoms with Crippen LogP contribution in [0.3, 0.4) is 0 Å². The number of nitrogen functional groups attached to an aromatic ring is 1. The van der Waals surface area contributed by atoms with E-state index in [1.807, 2.05) is 12.1 Å². The van der Waals surface area contributed by atoms with E-state index < -0.39 is 0 Å². The van der Waals surface area contributed by atoms with Gasteiger partial charge in [-0.3, -0.25) is 0 Å². The Kier molecular flexibility index (Phi) is 2.51. The van der Waals surface area contributed by atoms with Crippen LogP contribution >= 0.6 is 0 Å². The van der Waals surface area contributed by atoms with Crippen LogP contribution in [0.4, 0.5) is 11.4 Å². The highest BCUT2D eigenvalue weighted by Crippen LogP contribution is 2.33. The highest BCUT2D eigenvalue weighted by atomic mass is 15.1. The van der Waals surface area contributed by atoms with Gasteiger partial charge in [0.1, 0.15) is 0 Å². The quantitative estimate of drug-likeness (QED) is 0.771. The molecule has 2 aromatic carbocycles. The fraction of sp³-hybridized carbons (Fsp3) is 0.250. The van der Waals surface area contributed by atoms with Gasteiger partial charge in [0.05, 0.1) is 0 Å². The number of rotatable bonds is 1. The van der Waals surface area contributed by atoms with Gasteiger partial charge in [-0.2, -0.15) is 0 Å². The van der Waals surface area contributed by atoms with Gasteiger partial charge < -0.3 is 10.6 Å². The molecule has 0 fully saturated rings. The Morgan fingerprint density at radius 2 is 1.78 bits per heavy atom. The molecule has 0 saturated heterocycles. The zero-order valence-corrected chi connectivity index (χ0v) is 10.9. The largest absolute Gasteiger partial charge is 0.398 e. The Bertz CT molecular complexity index is 602. The van der Waals surface area contributed by atoms with Gasteiger partial charge in [0.15, 0.2) is 0 Å². The standard InChI is InChI=1S/C16H18N2/c1-11-5-3-8-16(12(11)2)18-9-13-6-4-7-15(17)14(13)10-18/h3-8H,9-10,17H2,1-2H3. The normalized spacial score (nSPS) is 13.8. The van der Waals surface area contributed by atoms with Crippen molar-refractivity contribution in [3.63, 3.8) is 0 Å². The SMILES string of the molecule is Cc1cccc(N2Cc3cccc(N)c3C2)c1C. The van der Waals surface area contributed by atoms with E-state index in [4.69, 9.17) is 5.73 Å². The van der Waals surface area contributed by atoms with Crippen molar-refractivity contribution < 1.29 is 0 Å². The van der Waals surface area contributed by atoms with E-state index in [1.54, 1.807) is 0 Å². The molecule has 0 unspecified atom stereocenters. The van der Waals surface area contributed by atoms with Gasteiger partial charge in [0.25, 0.3) is 0 Å². The number of aryl methyl sites for hydroxylation is 1. The minimum absolute atomic E-state index is 0.917. The Balaban J connectivity index is 1.99. The lowest BCUT2D eigenvalue weighted by molar-refractivity contribution is 0.874. The molecule has 0 aromatic heterocycles. The predicted octanol–water partition coefficient (Wildman–Crippen LogP) is 3.41. The van der Waals surface area contributed by atoms with E-state index in [0.29, 0.717) is 0 Å². The summed E-state index contributed by atoms with van der Waals surface area (Å²) in [6, 6.07) is 12.7. The van der Waals surface area contributed by atoms with Crippen LogP contribution < -0.4 is 10.6 Å². The first-order valence-electron chi connectivity index (χ1n) is 6.34. The smallest absolute Gasteiger partial charge is 0.0457 e. The molecular formula is C16H18N2. The molecule has 0 atom stereocenters. The lowest BCUT2D eigenvalue weighted by Crippen LogP contribution is -2.16. The summed E-state index contributed by atoms with van der Waals surface area (Å²) in [5.74, 6) is 0. The van der Waals surface area contributed by atoms with Gasteiger partial charge >= 0.3 is 0 Å². The first kappa shape index (κ1) is 11.1. The first-order chi connectivity index (χ1) is 8.66. The molecule has 0 amide bonds. The van der Waals surface area contributed by atoms with Crippen molar-refractivity contribution in [1.82, 2.24) is 0 Å². The second-order valence-electron chi connectivity index (χ2n) is 5.06. The number of hydrogen-bond donors (Lipinski definition) is 1. The third-order valence-corrected chi connectivity index (χ3v) is 3.94. The van der Waals surface area contributed by atoms with Crippen LogP contribution in [0, 0.1) is 13.8 Å². The lowest BCUT2D eigenvalue weighted by Gasteiger charge is -2.21. The van der Waals surface area contributed by atoms with Crippen molar-refractivity contribution in [2.24, 2.45) is 0 Å². The molecule has 1 aliphatic rings. The average Bonchev–Trinajstić information content (AvgIpc) is 2.78. The third kappa shape index (κ3) is 1.65. The first-order valence-corrected chi connectivity index (χ1v) is 6.34. The zero-order chi connectivity index (χ0) is 12.7. The van der Waals surface area contributed by atoms with E-state index in [1.165, 1.54) is 27.9 Å². The highest BCUT2D eigenvalue weighted by molar-refractivity contribution is 5.62. The van der Waals surface area contributed by atoms with Crippen LogP contribution in [-0.4, -0.2) is 0 Å². The molecule has 0 bridgehead atoms. The fourth-order valence-electron chi connectivity index (χ4n) is 2.70. The van der Waals surface area contributed by atoms with E-state index in [-0.39, 0.29) is 0 Å². The molecule has 3 rings (SSSR count). The van der Waals surface area contributed by atoms with E-state index in [2.05, 4.69) is 43.0 Å². The Morgan fingerprint density at radius 3 is 2.56 bits per heavy atom. The summed E-state index contributed by atoms with van der Waals surface area (Å²) in [6.45, 7) is 6.24. The van der Waals surface area contributed by atoms with Gasteiger partial charge in [-0.15, -0.1) is 0 Å². The summed E-state index contributed by atoms with van der Waals surface area (Å²) in [6.07, 6.45) is 0. The Hall–Kier alpha value is -1.96. The van der Waals surface area contributed by atoms with Crippen molar-refractivity contribution in [2.75, 3.05) is 10.6 Å². The molecule has 18 heavy (non-hydrogen) atoms. The molecule has 2 aromatic rings. The van der Waals surface area contributed by atoms with E-state index >= 15 is 0 Å². The maximum absolute atomic E-state index is 6.05. The topological polar surface area (TPSA) is 29.3 Å². The van der Waals surface area contributed by atoms with Crippen LogP contribution in [0.15, 0.2) is 36.4 Å². The highest BCUT2D eigenvalue weighted by Gasteiger charge is 2.22. The van der Waals surface area contributed by atoms with Crippen LogP contribution in [0.2, 0.25) is 0 Å².